The van der Waals surface area contributed by atoms with E-state index in [1.807, 2.05) is 6.07 Å². The largest absolute Gasteiger partial charge is 0.388 e. The van der Waals surface area contributed by atoms with Gasteiger partial charge in [0.15, 0.2) is 0 Å². The lowest BCUT2D eigenvalue weighted by Gasteiger charge is -2.18. The molecular weight excluding hydrogens is 308 g/mol. The van der Waals surface area contributed by atoms with E-state index in [2.05, 4.69) is 47.3 Å². The molecule has 2 aromatic rings. The Labute approximate surface area is 121 Å². The summed E-state index contributed by atoms with van der Waals surface area (Å²) in [4.78, 5) is 0. The maximum absolute atomic E-state index is 10.5. The first-order valence-corrected chi connectivity index (χ1v) is 8.16. The molecule has 1 N–H and O–H groups in total. The summed E-state index contributed by atoms with van der Waals surface area (Å²) in [6.45, 7) is 4.33. The molecule has 0 spiro atoms. The van der Waals surface area contributed by atoms with Crippen molar-refractivity contribution in [1.29, 1.82) is 0 Å². The second-order valence-corrected chi connectivity index (χ2v) is 6.61. The van der Waals surface area contributed by atoms with E-state index in [1.165, 1.54) is 22.9 Å². The Bertz CT molecular complexity index is 520. The molecule has 1 nitrogen and oxygen atoms in total. The molecule has 1 aromatic carbocycles. The molecule has 2 atom stereocenters. The summed E-state index contributed by atoms with van der Waals surface area (Å²) in [6.07, 6.45) is 3.11. The van der Waals surface area contributed by atoms with Crippen LogP contribution < -0.4 is 0 Å². The van der Waals surface area contributed by atoms with E-state index in [4.69, 9.17) is 0 Å². The minimum Gasteiger partial charge on any atom is -0.388 e. The van der Waals surface area contributed by atoms with E-state index < -0.39 is 0 Å². The number of hydrogen-bond donors (Lipinski definition) is 1. The first-order chi connectivity index (χ1) is 8.65. The van der Waals surface area contributed by atoms with Crippen LogP contribution in [-0.4, -0.2) is 5.11 Å². The average molecular weight is 327 g/mol. The Hall–Kier alpha value is -0.380. The van der Waals surface area contributed by atoms with Gasteiger partial charge in [-0.3, -0.25) is 0 Å². The first-order valence-electron chi connectivity index (χ1n) is 6.48. The van der Waals surface area contributed by atoms with Crippen molar-refractivity contribution in [3.8, 4) is 0 Å². The van der Waals surface area contributed by atoms with Crippen molar-refractivity contribution < 1.29 is 5.11 Å². The van der Waals surface area contributed by atoms with E-state index in [0.717, 1.165) is 16.5 Å². The van der Waals surface area contributed by atoms with Gasteiger partial charge < -0.3 is 5.11 Å². The molecule has 0 aliphatic rings. The normalized spacial score (nSPS) is 14.9. The summed E-state index contributed by atoms with van der Waals surface area (Å²) in [5, 5.41) is 13.8. The minimum atomic E-state index is -0.348. The molecule has 3 heteroatoms. The van der Waals surface area contributed by atoms with Crippen molar-refractivity contribution in [1.82, 2.24) is 0 Å². The van der Waals surface area contributed by atoms with Crippen molar-refractivity contribution in [3.05, 3.63) is 33.6 Å². The molecule has 0 saturated heterocycles. The highest BCUT2D eigenvalue weighted by atomic mass is 79.9. The van der Waals surface area contributed by atoms with Gasteiger partial charge >= 0.3 is 0 Å². The second-order valence-electron chi connectivity index (χ2n) is 4.87. The van der Waals surface area contributed by atoms with Crippen molar-refractivity contribution in [3.63, 3.8) is 0 Å². The molecule has 0 fully saturated rings. The van der Waals surface area contributed by atoms with Crippen LogP contribution in [0.5, 0.6) is 0 Å². The highest BCUT2D eigenvalue weighted by Crippen LogP contribution is 2.38. The molecule has 0 radical (unpaired) electrons. The van der Waals surface area contributed by atoms with Gasteiger partial charge in [-0.05, 0) is 50.7 Å². The number of rotatable bonds is 5. The first kappa shape index (κ1) is 14.0. The van der Waals surface area contributed by atoms with Crippen molar-refractivity contribution in [2.75, 3.05) is 0 Å². The molecule has 98 valence electrons. The van der Waals surface area contributed by atoms with E-state index in [-0.39, 0.29) is 6.10 Å². The predicted molar refractivity (Wildman–Crippen MR) is 83.2 cm³/mol. The van der Waals surface area contributed by atoms with Gasteiger partial charge in [0.2, 0.25) is 0 Å². The van der Waals surface area contributed by atoms with Crippen LogP contribution in [-0.2, 0) is 0 Å². The van der Waals surface area contributed by atoms with Crippen LogP contribution in [0.4, 0.5) is 0 Å². The smallest absolute Gasteiger partial charge is 0.0829 e. The van der Waals surface area contributed by atoms with Crippen LogP contribution >= 0.6 is 27.3 Å². The summed E-state index contributed by atoms with van der Waals surface area (Å²) >= 11 is 5.27. The zero-order valence-corrected chi connectivity index (χ0v) is 13.2. The lowest BCUT2D eigenvalue weighted by molar-refractivity contribution is 0.113. The van der Waals surface area contributed by atoms with E-state index >= 15 is 0 Å². The minimum absolute atomic E-state index is 0.321. The monoisotopic (exact) mass is 326 g/mol. The summed E-state index contributed by atoms with van der Waals surface area (Å²) in [5.74, 6) is 0.321. The molecule has 0 amide bonds. The Morgan fingerprint density at radius 1 is 1.39 bits per heavy atom. The quantitative estimate of drug-likeness (QED) is 0.766. The SMILES string of the molecule is CCCCC(C)C(O)c1csc2c(Br)cccc12. The predicted octanol–water partition coefficient (Wildman–Crippen LogP) is 5.52. The van der Waals surface area contributed by atoms with Gasteiger partial charge in [-0.1, -0.05) is 38.8 Å². The van der Waals surface area contributed by atoms with Crippen LogP contribution in [0.3, 0.4) is 0 Å². The Balaban J connectivity index is 2.28. The maximum Gasteiger partial charge on any atom is 0.0829 e. The molecule has 2 rings (SSSR count). The molecular formula is C15H19BrOS. The van der Waals surface area contributed by atoms with Crippen molar-refractivity contribution in [2.24, 2.45) is 5.92 Å². The summed E-state index contributed by atoms with van der Waals surface area (Å²) in [5.41, 5.74) is 1.08. The fourth-order valence-corrected chi connectivity index (χ4v) is 3.91. The van der Waals surface area contributed by atoms with Crippen LogP contribution in [0.25, 0.3) is 10.1 Å². The number of thiophene rings is 1. The summed E-state index contributed by atoms with van der Waals surface area (Å²) in [7, 11) is 0. The molecule has 0 aliphatic carbocycles. The van der Waals surface area contributed by atoms with Crippen LogP contribution in [0.1, 0.15) is 44.8 Å². The third-order valence-corrected chi connectivity index (χ3v) is 5.42. The average Bonchev–Trinajstić information content (AvgIpc) is 2.80. The van der Waals surface area contributed by atoms with Crippen molar-refractivity contribution in [2.45, 2.75) is 39.2 Å². The van der Waals surface area contributed by atoms with E-state index in [0.29, 0.717) is 5.92 Å². The summed E-state index contributed by atoms with van der Waals surface area (Å²) in [6, 6.07) is 6.18. The van der Waals surface area contributed by atoms with Crippen LogP contribution in [0, 0.1) is 5.92 Å². The number of unbranched alkanes of at least 4 members (excludes halogenated alkanes) is 1. The van der Waals surface area contributed by atoms with Gasteiger partial charge in [0, 0.05) is 9.17 Å². The molecule has 2 unspecified atom stereocenters. The number of fused-ring (bicyclic) bond motifs is 1. The fourth-order valence-electron chi connectivity index (χ4n) is 2.26. The number of halogens is 1. The molecule has 0 saturated carbocycles. The van der Waals surface area contributed by atoms with Gasteiger partial charge in [-0.25, -0.2) is 0 Å². The molecule has 1 heterocycles. The van der Waals surface area contributed by atoms with Crippen LogP contribution in [0.15, 0.2) is 28.1 Å². The number of hydrogen-bond acceptors (Lipinski definition) is 2. The topological polar surface area (TPSA) is 20.2 Å². The Morgan fingerprint density at radius 2 is 2.17 bits per heavy atom. The highest BCUT2D eigenvalue weighted by Gasteiger charge is 2.19. The van der Waals surface area contributed by atoms with E-state index in [9.17, 15) is 5.11 Å². The standard InChI is InChI=1S/C15H19BrOS/c1-3-4-6-10(2)14(17)12-9-18-15-11(12)7-5-8-13(15)16/h5,7-10,14,17H,3-4,6H2,1-2H3. The second kappa shape index (κ2) is 6.18. The number of benzene rings is 1. The van der Waals surface area contributed by atoms with Gasteiger partial charge in [-0.2, -0.15) is 0 Å². The fraction of sp³-hybridized carbons (Fsp3) is 0.467. The summed E-state index contributed by atoms with van der Waals surface area (Å²) < 4.78 is 2.35. The molecule has 18 heavy (non-hydrogen) atoms. The molecule has 0 bridgehead atoms. The lowest BCUT2D eigenvalue weighted by atomic mass is 9.93. The lowest BCUT2D eigenvalue weighted by Crippen LogP contribution is -2.08. The van der Waals surface area contributed by atoms with Gasteiger partial charge in [-0.15, -0.1) is 11.3 Å². The van der Waals surface area contributed by atoms with Gasteiger partial charge in [0.05, 0.1) is 6.10 Å². The third kappa shape index (κ3) is 2.79. The molecule has 1 aromatic heterocycles. The number of aliphatic hydroxyl groups excluding tert-OH is 1. The van der Waals surface area contributed by atoms with E-state index in [1.54, 1.807) is 11.3 Å². The third-order valence-electron chi connectivity index (χ3n) is 3.45. The Kier molecular flexibility index (Phi) is 4.82. The zero-order chi connectivity index (χ0) is 13.1. The number of aliphatic hydroxyl groups is 1. The van der Waals surface area contributed by atoms with Gasteiger partial charge in [0.1, 0.15) is 0 Å². The highest BCUT2D eigenvalue weighted by molar-refractivity contribution is 9.10. The van der Waals surface area contributed by atoms with Gasteiger partial charge in [0.25, 0.3) is 0 Å². The Morgan fingerprint density at radius 3 is 2.89 bits per heavy atom. The maximum atomic E-state index is 10.5. The van der Waals surface area contributed by atoms with Crippen molar-refractivity contribution >= 4 is 37.4 Å². The zero-order valence-electron chi connectivity index (χ0n) is 10.8. The van der Waals surface area contributed by atoms with Crippen LogP contribution in [0.2, 0.25) is 0 Å². The molecule has 0 aliphatic heterocycles.